The summed E-state index contributed by atoms with van der Waals surface area (Å²) in [4.78, 5) is 28.2. The lowest BCUT2D eigenvalue weighted by Crippen LogP contribution is -2.70. The first kappa shape index (κ1) is 23.0. The molecule has 1 atom stereocenters. The van der Waals surface area contributed by atoms with E-state index in [1.54, 1.807) is 32.0 Å². The molecule has 0 radical (unpaired) electrons. The first-order valence-electron chi connectivity index (χ1n) is 10.4. The first-order chi connectivity index (χ1) is 14.0. The third kappa shape index (κ3) is 4.65. The molecule has 7 nitrogen and oxygen atoms in total. The van der Waals surface area contributed by atoms with Gasteiger partial charge >= 0.3 is 0 Å². The monoisotopic (exact) mass is 455 g/mol. The van der Waals surface area contributed by atoms with Gasteiger partial charge in [0.25, 0.3) is 0 Å². The van der Waals surface area contributed by atoms with E-state index in [2.05, 4.69) is 5.32 Å². The van der Waals surface area contributed by atoms with E-state index < -0.39 is 21.5 Å². The normalized spacial score (nSPS) is 24.5. The SMILES string of the molecule is Cc1c(Cl)cccc1N1C(=O)CN(S(C)(=O)=O)C[C@]1(C)C(=O)NC1CCCCCC1. The van der Waals surface area contributed by atoms with Crippen molar-refractivity contribution in [2.75, 3.05) is 24.2 Å². The molecule has 1 aliphatic carbocycles. The Morgan fingerprint density at radius 1 is 1.20 bits per heavy atom. The van der Waals surface area contributed by atoms with Crippen molar-refractivity contribution in [1.82, 2.24) is 9.62 Å². The smallest absolute Gasteiger partial charge is 0.247 e. The summed E-state index contributed by atoms with van der Waals surface area (Å²) >= 11 is 6.28. The third-order valence-corrected chi connectivity index (χ3v) is 7.77. The molecule has 2 amide bonds. The van der Waals surface area contributed by atoms with Gasteiger partial charge < -0.3 is 5.32 Å². The molecule has 0 unspecified atom stereocenters. The van der Waals surface area contributed by atoms with Crippen LogP contribution in [-0.4, -0.2) is 55.5 Å². The number of anilines is 1. The minimum atomic E-state index is -3.65. The Morgan fingerprint density at radius 2 is 1.83 bits per heavy atom. The van der Waals surface area contributed by atoms with Crippen molar-refractivity contribution in [1.29, 1.82) is 0 Å². The molecule has 1 saturated carbocycles. The quantitative estimate of drug-likeness (QED) is 0.707. The fraction of sp³-hybridized carbons (Fsp3) is 0.619. The molecule has 1 saturated heterocycles. The maximum Gasteiger partial charge on any atom is 0.247 e. The van der Waals surface area contributed by atoms with Crippen LogP contribution in [0.2, 0.25) is 5.02 Å². The van der Waals surface area contributed by atoms with Gasteiger partial charge in [-0.25, -0.2) is 8.42 Å². The van der Waals surface area contributed by atoms with Gasteiger partial charge in [0.2, 0.25) is 21.8 Å². The maximum atomic E-state index is 13.5. The lowest BCUT2D eigenvalue weighted by atomic mass is 9.92. The van der Waals surface area contributed by atoms with Gasteiger partial charge in [0.05, 0.1) is 12.8 Å². The number of hydrogen-bond donors (Lipinski definition) is 1. The number of amides is 2. The Kier molecular flexibility index (Phi) is 6.79. The second-order valence-corrected chi connectivity index (χ2v) is 11.0. The number of benzene rings is 1. The predicted molar refractivity (Wildman–Crippen MR) is 118 cm³/mol. The summed E-state index contributed by atoms with van der Waals surface area (Å²) in [5, 5.41) is 3.59. The second-order valence-electron chi connectivity index (χ2n) is 8.58. The molecule has 0 aromatic heterocycles. The molecule has 1 aliphatic heterocycles. The average molecular weight is 456 g/mol. The van der Waals surface area contributed by atoms with Gasteiger partial charge in [0.15, 0.2) is 0 Å². The molecule has 0 bridgehead atoms. The van der Waals surface area contributed by atoms with Crippen LogP contribution < -0.4 is 10.2 Å². The van der Waals surface area contributed by atoms with Crippen LogP contribution in [0.25, 0.3) is 0 Å². The van der Waals surface area contributed by atoms with Crippen LogP contribution in [0, 0.1) is 6.92 Å². The number of piperazine rings is 1. The van der Waals surface area contributed by atoms with E-state index in [9.17, 15) is 18.0 Å². The Labute approximate surface area is 183 Å². The average Bonchev–Trinajstić information content (AvgIpc) is 2.92. The van der Waals surface area contributed by atoms with Crippen LogP contribution in [0.4, 0.5) is 5.69 Å². The highest BCUT2D eigenvalue weighted by Crippen LogP contribution is 2.35. The van der Waals surface area contributed by atoms with Gasteiger partial charge in [-0.15, -0.1) is 0 Å². The van der Waals surface area contributed by atoms with Crippen molar-refractivity contribution in [2.24, 2.45) is 0 Å². The second kappa shape index (κ2) is 8.85. The lowest BCUT2D eigenvalue weighted by molar-refractivity contribution is -0.133. The fourth-order valence-electron chi connectivity index (χ4n) is 4.38. The summed E-state index contributed by atoms with van der Waals surface area (Å²) in [5.74, 6) is -0.786. The molecular formula is C21H30ClN3O4S. The van der Waals surface area contributed by atoms with Gasteiger partial charge in [0, 0.05) is 23.3 Å². The molecular weight excluding hydrogens is 426 g/mol. The van der Waals surface area contributed by atoms with Crippen LogP contribution >= 0.6 is 11.6 Å². The Morgan fingerprint density at radius 3 is 2.43 bits per heavy atom. The molecule has 1 heterocycles. The Balaban J connectivity index is 2.01. The Bertz CT molecular complexity index is 928. The standard InChI is InChI=1S/C21H30ClN3O4S/c1-15-17(22)11-8-12-18(15)25-19(26)13-24(30(3,28)29)14-21(25,2)20(27)23-16-9-6-4-5-7-10-16/h8,11-12,16H,4-7,9-10,13-14H2,1-3H3,(H,23,27)/t21-/m1/s1. The fourth-order valence-corrected chi connectivity index (χ4v) is 5.38. The van der Waals surface area contributed by atoms with Crippen LogP contribution in [-0.2, 0) is 19.6 Å². The number of hydrogen-bond acceptors (Lipinski definition) is 4. The van der Waals surface area contributed by atoms with Crippen LogP contribution in [0.3, 0.4) is 0 Å². The van der Waals surface area contributed by atoms with Gasteiger partial charge in [0.1, 0.15) is 5.54 Å². The highest BCUT2D eigenvalue weighted by molar-refractivity contribution is 7.88. The summed E-state index contributed by atoms with van der Waals surface area (Å²) in [7, 11) is -3.65. The molecule has 9 heteroatoms. The van der Waals surface area contributed by atoms with Gasteiger partial charge in [-0.3, -0.25) is 14.5 Å². The third-order valence-electron chi connectivity index (χ3n) is 6.17. The summed E-state index contributed by atoms with van der Waals surface area (Å²) in [5.41, 5.74) is -0.187. The number of sulfonamides is 1. The van der Waals surface area contributed by atoms with Gasteiger partial charge in [-0.05, 0) is 44.4 Å². The zero-order chi connectivity index (χ0) is 22.1. The van der Waals surface area contributed by atoms with E-state index in [0.29, 0.717) is 16.3 Å². The highest BCUT2D eigenvalue weighted by Gasteiger charge is 2.51. The van der Waals surface area contributed by atoms with Gasteiger partial charge in [-0.1, -0.05) is 43.4 Å². The van der Waals surface area contributed by atoms with Crippen molar-refractivity contribution in [3.05, 3.63) is 28.8 Å². The van der Waals surface area contributed by atoms with Gasteiger partial charge in [-0.2, -0.15) is 4.31 Å². The van der Waals surface area contributed by atoms with E-state index >= 15 is 0 Å². The Hall–Kier alpha value is -1.64. The highest BCUT2D eigenvalue weighted by atomic mass is 35.5. The zero-order valence-corrected chi connectivity index (χ0v) is 19.4. The minimum Gasteiger partial charge on any atom is -0.351 e. The topological polar surface area (TPSA) is 86.8 Å². The molecule has 166 valence electrons. The van der Waals surface area contributed by atoms with Crippen molar-refractivity contribution in [3.8, 4) is 0 Å². The molecule has 0 spiro atoms. The molecule has 2 fully saturated rings. The molecule has 1 aromatic rings. The van der Waals surface area contributed by atoms with Crippen molar-refractivity contribution < 1.29 is 18.0 Å². The summed E-state index contributed by atoms with van der Waals surface area (Å²) < 4.78 is 25.6. The number of rotatable bonds is 4. The van der Waals surface area contributed by atoms with Crippen molar-refractivity contribution in [2.45, 2.75) is 64.0 Å². The molecule has 1 aromatic carbocycles. The van der Waals surface area contributed by atoms with E-state index in [4.69, 9.17) is 11.6 Å². The van der Waals surface area contributed by atoms with Crippen molar-refractivity contribution in [3.63, 3.8) is 0 Å². The van der Waals surface area contributed by atoms with Crippen LogP contribution in [0.15, 0.2) is 18.2 Å². The predicted octanol–water partition coefficient (Wildman–Crippen LogP) is 2.85. The number of nitrogens with one attached hydrogen (secondary N) is 1. The maximum absolute atomic E-state index is 13.5. The lowest BCUT2D eigenvalue weighted by Gasteiger charge is -2.47. The molecule has 3 rings (SSSR count). The first-order valence-corrected chi connectivity index (χ1v) is 12.6. The summed E-state index contributed by atoms with van der Waals surface area (Å²) in [6.45, 7) is 3.01. The van der Waals surface area contributed by atoms with Crippen LogP contribution in [0.5, 0.6) is 0 Å². The molecule has 2 aliphatic rings. The molecule has 30 heavy (non-hydrogen) atoms. The van der Waals surface area contributed by atoms with Crippen molar-refractivity contribution >= 4 is 39.1 Å². The largest absolute Gasteiger partial charge is 0.351 e. The van der Waals surface area contributed by atoms with E-state index in [0.717, 1.165) is 49.1 Å². The number of carbonyl (C=O) groups excluding carboxylic acids is 2. The van der Waals surface area contributed by atoms with E-state index in [1.165, 1.54) is 4.90 Å². The van der Waals surface area contributed by atoms with E-state index in [1.807, 2.05) is 0 Å². The summed E-state index contributed by atoms with van der Waals surface area (Å²) in [6.07, 6.45) is 7.24. The van der Waals surface area contributed by atoms with Crippen LogP contribution in [0.1, 0.15) is 51.0 Å². The molecule has 1 N–H and O–H groups in total. The number of nitrogens with zero attached hydrogens (tertiary/aromatic N) is 2. The summed E-state index contributed by atoms with van der Waals surface area (Å²) in [6, 6.07) is 5.22. The minimum absolute atomic E-state index is 0.0304. The number of carbonyl (C=O) groups is 2. The number of halogens is 1. The zero-order valence-electron chi connectivity index (χ0n) is 17.8. The van der Waals surface area contributed by atoms with E-state index in [-0.39, 0.29) is 25.0 Å².